The lowest BCUT2D eigenvalue weighted by Crippen LogP contribution is -2.37. The Morgan fingerprint density at radius 1 is 0.833 bits per heavy atom. The quantitative estimate of drug-likeness (QED) is 0.0483. The number of esters is 1. The molecule has 0 heterocycles. The van der Waals surface area contributed by atoms with Crippen molar-refractivity contribution in [1.29, 1.82) is 0 Å². The SMILES string of the molecule is CCCCCCCCCCCCSC(CCCCCCC)C(C)OCCCOC(O)([PH2]=O)C(=O)OC. The van der Waals surface area contributed by atoms with Crippen LogP contribution in [0.5, 0.6) is 0 Å². The Labute approximate surface area is 227 Å². The van der Waals surface area contributed by atoms with Crippen molar-refractivity contribution in [3.63, 3.8) is 0 Å². The standard InChI is InChI=1S/C28H57O6PS/c1-5-7-9-11-12-13-14-15-17-19-24-36-26(21-18-16-10-8-6-2)25(3)33-22-20-23-34-28(30,35-31)27(29)32-4/h25-26,30H,5-24,35H2,1-4H3. The van der Waals surface area contributed by atoms with Gasteiger partial charge in [-0.05, 0) is 31.9 Å². The van der Waals surface area contributed by atoms with Crippen molar-refractivity contribution in [3.05, 3.63) is 0 Å². The van der Waals surface area contributed by atoms with E-state index in [9.17, 15) is 14.5 Å². The van der Waals surface area contributed by atoms with Crippen LogP contribution < -0.4 is 0 Å². The van der Waals surface area contributed by atoms with Gasteiger partial charge in [-0.1, -0.05) is 104 Å². The summed E-state index contributed by atoms with van der Waals surface area (Å²) in [6, 6.07) is 0. The van der Waals surface area contributed by atoms with Crippen LogP contribution >= 0.6 is 20.2 Å². The molecule has 6 nitrogen and oxygen atoms in total. The largest absolute Gasteiger partial charge is 0.465 e. The number of methoxy groups -OCH3 is 1. The normalized spacial score (nSPS) is 15.2. The van der Waals surface area contributed by atoms with Crippen LogP contribution in [0.25, 0.3) is 0 Å². The lowest BCUT2D eigenvalue weighted by Gasteiger charge is -2.25. The molecule has 1 N–H and O–H groups in total. The Balaban J connectivity index is 4.22. The molecule has 0 radical (unpaired) electrons. The Morgan fingerprint density at radius 3 is 1.89 bits per heavy atom. The number of hydrogen-bond donors (Lipinski definition) is 1. The predicted molar refractivity (Wildman–Crippen MR) is 155 cm³/mol. The number of unbranched alkanes of at least 4 members (excludes halogenated alkanes) is 13. The van der Waals surface area contributed by atoms with E-state index in [0.717, 1.165) is 7.11 Å². The van der Waals surface area contributed by atoms with Crippen LogP contribution in [-0.4, -0.2) is 54.0 Å². The summed E-state index contributed by atoms with van der Waals surface area (Å²) in [6.45, 7) is 7.22. The molecule has 0 aliphatic heterocycles. The highest BCUT2D eigenvalue weighted by atomic mass is 32.2. The molecule has 0 aromatic rings. The summed E-state index contributed by atoms with van der Waals surface area (Å²) in [5, 5.41) is 10.4. The minimum atomic E-state index is -2.33. The van der Waals surface area contributed by atoms with Crippen LogP contribution in [0.2, 0.25) is 0 Å². The number of carbonyl (C=O) groups excluding carboxylic acids is 1. The summed E-state index contributed by atoms with van der Waals surface area (Å²) in [5.41, 5.74) is -2.33. The maximum absolute atomic E-state index is 11.5. The lowest BCUT2D eigenvalue weighted by molar-refractivity contribution is -0.193. The minimum Gasteiger partial charge on any atom is -0.465 e. The van der Waals surface area contributed by atoms with Crippen LogP contribution in [0.15, 0.2) is 0 Å². The van der Waals surface area contributed by atoms with E-state index in [1.807, 2.05) is 0 Å². The number of aliphatic hydroxyl groups is 1. The minimum absolute atomic E-state index is 0.0843. The van der Waals surface area contributed by atoms with E-state index in [1.54, 1.807) is 0 Å². The number of ether oxygens (including phenoxy) is 3. The molecule has 36 heavy (non-hydrogen) atoms. The molecule has 216 valence electrons. The highest BCUT2D eigenvalue weighted by molar-refractivity contribution is 7.99. The van der Waals surface area contributed by atoms with Gasteiger partial charge in [0.2, 0.25) is 0 Å². The van der Waals surface area contributed by atoms with E-state index in [2.05, 4.69) is 37.3 Å². The van der Waals surface area contributed by atoms with Crippen molar-refractivity contribution >= 4 is 26.2 Å². The fraction of sp³-hybridized carbons (Fsp3) is 0.964. The van der Waals surface area contributed by atoms with Crippen molar-refractivity contribution in [3.8, 4) is 0 Å². The highest BCUT2D eigenvalue weighted by Gasteiger charge is 2.37. The highest BCUT2D eigenvalue weighted by Crippen LogP contribution is 2.26. The molecule has 0 aromatic carbocycles. The monoisotopic (exact) mass is 552 g/mol. The second-order valence-corrected chi connectivity index (χ2v) is 12.2. The molecule has 0 spiro atoms. The lowest BCUT2D eigenvalue weighted by atomic mass is 10.1. The van der Waals surface area contributed by atoms with Gasteiger partial charge in [0.25, 0.3) is 0 Å². The molecule has 0 aliphatic carbocycles. The van der Waals surface area contributed by atoms with Gasteiger partial charge in [0.1, 0.15) is 8.46 Å². The van der Waals surface area contributed by atoms with Gasteiger partial charge >= 0.3 is 11.5 Å². The van der Waals surface area contributed by atoms with Crippen LogP contribution in [0.3, 0.4) is 0 Å². The second-order valence-electron chi connectivity index (χ2n) is 9.88. The van der Waals surface area contributed by atoms with E-state index in [1.165, 1.54) is 108 Å². The molecule has 0 rings (SSSR count). The van der Waals surface area contributed by atoms with Crippen LogP contribution in [0.4, 0.5) is 0 Å². The molecule has 0 aromatic heterocycles. The third-order valence-corrected chi connectivity index (χ3v) is 8.87. The topological polar surface area (TPSA) is 82.1 Å². The molecule has 0 amide bonds. The molecule has 4 atom stereocenters. The van der Waals surface area contributed by atoms with Crippen LogP contribution in [-0.2, 0) is 23.6 Å². The van der Waals surface area contributed by atoms with Gasteiger partial charge in [-0.15, -0.1) is 0 Å². The average molecular weight is 553 g/mol. The predicted octanol–water partition coefficient (Wildman–Crippen LogP) is 7.76. The first-order valence-electron chi connectivity index (χ1n) is 14.6. The van der Waals surface area contributed by atoms with Crippen molar-refractivity contribution < 1.29 is 28.7 Å². The third-order valence-electron chi connectivity index (χ3n) is 6.57. The molecule has 0 bridgehead atoms. The molecule has 0 aliphatic rings. The molecule has 0 saturated heterocycles. The van der Waals surface area contributed by atoms with Crippen molar-refractivity contribution in [2.24, 2.45) is 0 Å². The Hall–Kier alpha value is -0.0700. The van der Waals surface area contributed by atoms with Gasteiger partial charge in [0.15, 0.2) is 0 Å². The number of rotatable bonds is 27. The molecule has 8 heteroatoms. The zero-order valence-corrected chi connectivity index (χ0v) is 25.7. The first-order valence-corrected chi connectivity index (χ1v) is 16.7. The second kappa shape index (κ2) is 25.2. The molecular weight excluding hydrogens is 495 g/mol. The van der Waals surface area contributed by atoms with Gasteiger partial charge in [0.05, 0.1) is 19.8 Å². The summed E-state index contributed by atoms with van der Waals surface area (Å²) in [6.07, 6.45) is 21.8. The number of thioether (sulfide) groups is 1. The molecule has 0 fully saturated rings. The molecular formula is C28H57O6PS. The zero-order valence-electron chi connectivity index (χ0n) is 23.8. The number of hydrogen-bond acceptors (Lipinski definition) is 7. The van der Waals surface area contributed by atoms with E-state index < -0.39 is 20.0 Å². The average Bonchev–Trinajstić information content (AvgIpc) is 2.89. The summed E-state index contributed by atoms with van der Waals surface area (Å²) >= 11 is 2.05. The van der Waals surface area contributed by atoms with Crippen LogP contribution in [0, 0.1) is 0 Å². The fourth-order valence-electron chi connectivity index (χ4n) is 4.18. The van der Waals surface area contributed by atoms with Gasteiger partial charge in [-0.2, -0.15) is 11.8 Å². The summed E-state index contributed by atoms with van der Waals surface area (Å²) in [4.78, 5) is 11.5. The fourth-order valence-corrected chi connectivity index (χ4v) is 5.93. The summed E-state index contributed by atoms with van der Waals surface area (Å²) in [5.74, 6) is 0.166. The first kappa shape index (κ1) is 35.9. The Kier molecular flexibility index (Phi) is 25.2. The van der Waals surface area contributed by atoms with Crippen molar-refractivity contribution in [2.45, 2.75) is 147 Å². The molecule has 0 saturated carbocycles. The first-order chi connectivity index (χ1) is 17.4. The van der Waals surface area contributed by atoms with Gasteiger partial charge in [0, 0.05) is 11.9 Å². The van der Waals surface area contributed by atoms with E-state index >= 15 is 0 Å². The van der Waals surface area contributed by atoms with Gasteiger partial charge < -0.3 is 23.9 Å². The maximum atomic E-state index is 11.5. The van der Waals surface area contributed by atoms with E-state index in [-0.39, 0.29) is 12.7 Å². The zero-order chi connectivity index (χ0) is 26.9. The van der Waals surface area contributed by atoms with Crippen molar-refractivity contribution in [1.82, 2.24) is 0 Å². The summed E-state index contributed by atoms with van der Waals surface area (Å²) < 4.78 is 26.9. The van der Waals surface area contributed by atoms with E-state index in [4.69, 9.17) is 9.47 Å². The smallest absolute Gasteiger partial charge is 0.373 e. The van der Waals surface area contributed by atoms with Gasteiger partial charge in [-0.25, -0.2) is 4.79 Å². The molecule has 4 unspecified atom stereocenters. The van der Waals surface area contributed by atoms with Crippen LogP contribution in [0.1, 0.15) is 130 Å². The maximum Gasteiger partial charge on any atom is 0.373 e. The van der Waals surface area contributed by atoms with Crippen molar-refractivity contribution in [2.75, 3.05) is 26.1 Å². The third kappa shape index (κ3) is 19.1. The Bertz CT molecular complexity index is 524. The van der Waals surface area contributed by atoms with E-state index in [0.29, 0.717) is 18.3 Å². The Morgan fingerprint density at radius 2 is 1.36 bits per heavy atom. The summed E-state index contributed by atoms with van der Waals surface area (Å²) in [7, 11) is -0.724. The number of carbonyl (C=O) groups is 1. The van der Waals surface area contributed by atoms with Gasteiger partial charge in [-0.3, -0.25) is 0 Å².